The van der Waals surface area contributed by atoms with Gasteiger partial charge in [0.2, 0.25) is 0 Å². The number of methoxy groups -OCH3 is 1. The van der Waals surface area contributed by atoms with Crippen LogP contribution in [0, 0.1) is 5.41 Å². The van der Waals surface area contributed by atoms with E-state index >= 15 is 0 Å². The van der Waals surface area contributed by atoms with E-state index in [0.717, 1.165) is 6.42 Å². The van der Waals surface area contributed by atoms with Crippen LogP contribution in [0.3, 0.4) is 0 Å². The molecule has 0 spiro atoms. The molecule has 0 bridgehead atoms. The molecule has 0 aromatic heterocycles. The highest BCUT2D eigenvalue weighted by Gasteiger charge is 2.28. The van der Waals surface area contributed by atoms with E-state index in [1.165, 1.54) is 0 Å². The van der Waals surface area contributed by atoms with E-state index in [1.54, 1.807) is 12.0 Å². The van der Waals surface area contributed by atoms with Crippen LogP contribution in [0.2, 0.25) is 0 Å². The van der Waals surface area contributed by atoms with Crippen molar-refractivity contribution in [2.75, 3.05) is 21.2 Å². The summed E-state index contributed by atoms with van der Waals surface area (Å²) in [4.78, 5) is 1.77. The van der Waals surface area contributed by atoms with Crippen molar-refractivity contribution in [2.45, 2.75) is 25.9 Å². The number of ether oxygens (including phenoxy) is 1. The minimum Gasteiger partial charge on any atom is -0.371 e. The van der Waals surface area contributed by atoms with Crippen LogP contribution in [0.5, 0.6) is 0 Å². The van der Waals surface area contributed by atoms with Crippen molar-refractivity contribution < 1.29 is 4.74 Å². The van der Waals surface area contributed by atoms with E-state index < -0.39 is 5.60 Å². The normalized spacial score (nSPS) is 15.7. The number of likely N-dealkylation sites (N-methyl/N-ethyl adjacent to an activating group) is 1. The average molecular weight is 158 g/mol. The van der Waals surface area contributed by atoms with Crippen LogP contribution >= 0.6 is 0 Å². The van der Waals surface area contributed by atoms with Gasteiger partial charge in [-0.1, -0.05) is 6.92 Å². The maximum Gasteiger partial charge on any atom is 0.128 e. The Morgan fingerprint density at radius 3 is 2.09 bits per heavy atom. The smallest absolute Gasteiger partial charge is 0.128 e. The molecule has 0 aliphatic carbocycles. The van der Waals surface area contributed by atoms with Crippen molar-refractivity contribution in [3.63, 3.8) is 0 Å². The van der Waals surface area contributed by atoms with Crippen LogP contribution in [0.25, 0.3) is 0 Å². The molecule has 1 N–H and O–H groups in total. The van der Waals surface area contributed by atoms with Gasteiger partial charge in [-0.05, 0) is 13.3 Å². The predicted molar refractivity (Wildman–Crippen MR) is 47.1 cm³/mol. The highest BCUT2D eigenvalue weighted by Crippen LogP contribution is 2.16. The van der Waals surface area contributed by atoms with Gasteiger partial charge in [-0.2, -0.15) is 0 Å². The second-order valence-corrected chi connectivity index (χ2v) is 3.03. The van der Waals surface area contributed by atoms with Gasteiger partial charge in [0.25, 0.3) is 0 Å². The third-order valence-electron chi connectivity index (χ3n) is 2.07. The fourth-order valence-corrected chi connectivity index (χ4v) is 0.881. The van der Waals surface area contributed by atoms with Crippen LogP contribution in [0.1, 0.15) is 20.3 Å². The summed E-state index contributed by atoms with van der Waals surface area (Å²) in [6, 6.07) is 0. The third kappa shape index (κ3) is 2.19. The predicted octanol–water partition coefficient (Wildman–Crippen LogP) is 1.34. The first-order chi connectivity index (χ1) is 4.98. The first kappa shape index (κ1) is 10.4. The molecule has 0 rings (SSSR count). The average Bonchev–Trinajstić information content (AvgIpc) is 2.01. The number of nitrogens with zero attached hydrogens (tertiary/aromatic N) is 1. The summed E-state index contributed by atoms with van der Waals surface area (Å²) in [6.07, 6.45) is 0.820. The lowest BCUT2D eigenvalue weighted by molar-refractivity contribution is 0.0536. The molecule has 0 saturated heterocycles. The monoisotopic (exact) mass is 158 g/mol. The Balaban J connectivity index is 4.37. The van der Waals surface area contributed by atoms with Gasteiger partial charge in [-0.3, -0.25) is 5.41 Å². The van der Waals surface area contributed by atoms with E-state index in [1.807, 2.05) is 27.9 Å². The fraction of sp³-hybridized carbons (Fsp3) is 0.875. The van der Waals surface area contributed by atoms with Crippen LogP contribution in [-0.2, 0) is 4.74 Å². The molecule has 0 saturated carbocycles. The second kappa shape index (κ2) is 3.72. The van der Waals surface area contributed by atoms with Crippen LogP contribution in [-0.4, -0.2) is 37.5 Å². The summed E-state index contributed by atoms with van der Waals surface area (Å²) in [5.74, 6) is 0.516. The summed E-state index contributed by atoms with van der Waals surface area (Å²) in [5, 5.41) is 7.70. The van der Waals surface area contributed by atoms with Crippen LogP contribution < -0.4 is 0 Å². The lowest BCUT2D eigenvalue weighted by atomic mass is 10.0. The molecule has 0 aromatic rings. The molecule has 1 unspecified atom stereocenters. The van der Waals surface area contributed by atoms with E-state index in [2.05, 4.69) is 0 Å². The summed E-state index contributed by atoms with van der Waals surface area (Å²) >= 11 is 0. The third-order valence-corrected chi connectivity index (χ3v) is 2.07. The molecule has 3 heteroatoms. The zero-order valence-corrected chi connectivity index (χ0v) is 8.06. The van der Waals surface area contributed by atoms with E-state index in [-0.39, 0.29) is 0 Å². The topological polar surface area (TPSA) is 36.3 Å². The zero-order chi connectivity index (χ0) is 9.07. The summed E-state index contributed by atoms with van der Waals surface area (Å²) in [7, 11) is 5.35. The standard InChI is InChI=1S/C8H18N2O/c1-6-8(2,11-5)7(9)10(3)4/h9H,6H2,1-5H3. The molecular weight excluding hydrogens is 140 g/mol. The highest BCUT2D eigenvalue weighted by atomic mass is 16.5. The van der Waals surface area contributed by atoms with Crippen molar-refractivity contribution in [3.8, 4) is 0 Å². The van der Waals surface area contributed by atoms with Crippen LogP contribution in [0.4, 0.5) is 0 Å². The first-order valence-electron chi connectivity index (χ1n) is 3.79. The number of rotatable bonds is 3. The minimum atomic E-state index is -0.427. The Morgan fingerprint density at radius 1 is 1.55 bits per heavy atom. The molecule has 3 nitrogen and oxygen atoms in total. The maximum atomic E-state index is 7.70. The largest absolute Gasteiger partial charge is 0.371 e. The molecule has 11 heavy (non-hydrogen) atoms. The van der Waals surface area contributed by atoms with Gasteiger partial charge in [-0.25, -0.2) is 0 Å². The lowest BCUT2D eigenvalue weighted by Crippen LogP contribution is -2.44. The molecule has 0 radical (unpaired) electrons. The van der Waals surface area contributed by atoms with Crippen molar-refractivity contribution >= 4 is 5.84 Å². The molecule has 0 fully saturated rings. The highest BCUT2D eigenvalue weighted by molar-refractivity contribution is 5.86. The van der Waals surface area contributed by atoms with Gasteiger partial charge in [0.15, 0.2) is 0 Å². The van der Waals surface area contributed by atoms with Crippen molar-refractivity contribution in [1.29, 1.82) is 5.41 Å². The Hall–Kier alpha value is -0.570. The van der Waals surface area contributed by atoms with Gasteiger partial charge in [0, 0.05) is 21.2 Å². The van der Waals surface area contributed by atoms with E-state index in [4.69, 9.17) is 10.1 Å². The zero-order valence-electron chi connectivity index (χ0n) is 8.06. The van der Waals surface area contributed by atoms with Crippen molar-refractivity contribution in [2.24, 2.45) is 0 Å². The quantitative estimate of drug-likeness (QED) is 0.497. The number of nitrogens with one attached hydrogen (secondary N) is 1. The number of amidine groups is 1. The summed E-state index contributed by atoms with van der Waals surface area (Å²) in [5.41, 5.74) is -0.427. The first-order valence-corrected chi connectivity index (χ1v) is 3.79. The van der Waals surface area contributed by atoms with E-state index in [0.29, 0.717) is 5.84 Å². The second-order valence-electron chi connectivity index (χ2n) is 3.03. The minimum absolute atomic E-state index is 0.427. The molecule has 0 heterocycles. The molecule has 1 atom stereocenters. The van der Waals surface area contributed by atoms with Gasteiger partial charge in [-0.15, -0.1) is 0 Å². The molecule has 0 aromatic carbocycles. The molecule has 0 amide bonds. The maximum absolute atomic E-state index is 7.70. The van der Waals surface area contributed by atoms with Gasteiger partial charge >= 0.3 is 0 Å². The van der Waals surface area contributed by atoms with Crippen molar-refractivity contribution in [1.82, 2.24) is 4.90 Å². The van der Waals surface area contributed by atoms with Gasteiger partial charge < -0.3 is 9.64 Å². The fourth-order valence-electron chi connectivity index (χ4n) is 0.881. The number of hydrogen-bond acceptors (Lipinski definition) is 2. The Kier molecular flexibility index (Phi) is 3.52. The van der Waals surface area contributed by atoms with Crippen LogP contribution in [0.15, 0.2) is 0 Å². The molecule has 0 aliphatic heterocycles. The summed E-state index contributed by atoms with van der Waals surface area (Å²) < 4.78 is 5.24. The summed E-state index contributed by atoms with van der Waals surface area (Å²) in [6.45, 7) is 3.94. The van der Waals surface area contributed by atoms with E-state index in [9.17, 15) is 0 Å². The van der Waals surface area contributed by atoms with Gasteiger partial charge in [0.1, 0.15) is 11.4 Å². The SMILES string of the molecule is CCC(C)(OC)C(=N)N(C)C. The Labute approximate surface area is 68.9 Å². The van der Waals surface area contributed by atoms with Crippen molar-refractivity contribution in [3.05, 3.63) is 0 Å². The van der Waals surface area contributed by atoms with Gasteiger partial charge in [0.05, 0.1) is 0 Å². The molecule has 0 aliphatic rings. The molecule has 66 valence electrons. The lowest BCUT2D eigenvalue weighted by Gasteiger charge is -2.31. The number of hydrogen-bond donors (Lipinski definition) is 1. The Morgan fingerprint density at radius 2 is 2.00 bits per heavy atom. The Bertz CT molecular complexity index is 139. The molecular formula is C8H18N2O.